The number of rotatable bonds is 12. The van der Waals surface area contributed by atoms with Gasteiger partial charge < -0.3 is 35.3 Å². The Kier molecular flexibility index (Phi) is 12.7. The second-order valence-electron chi connectivity index (χ2n) is 20.7. The number of nitrogens with one attached hydrogen (secondary N) is 5. The zero-order chi connectivity index (χ0) is 52.4. The lowest BCUT2D eigenvalue weighted by atomic mass is 9.81. The third kappa shape index (κ3) is 8.84. The lowest BCUT2D eigenvalue weighted by Gasteiger charge is -2.29. The molecule has 0 radical (unpaired) electrons. The highest BCUT2D eigenvalue weighted by atomic mass is 16.5. The van der Waals surface area contributed by atoms with Crippen molar-refractivity contribution < 1.29 is 38.2 Å². The predicted molar refractivity (Wildman–Crippen MR) is 279 cm³/mol. The maximum absolute atomic E-state index is 14.3. The van der Waals surface area contributed by atoms with Crippen LogP contribution < -0.4 is 31.7 Å². The number of imidazole rings is 1. The van der Waals surface area contributed by atoms with Crippen LogP contribution in [0.4, 0.5) is 10.5 Å². The molecule has 75 heavy (non-hydrogen) atoms. The molecule has 2 saturated carbocycles. The van der Waals surface area contributed by atoms with E-state index in [2.05, 4.69) is 63.4 Å². The number of benzene rings is 3. The molecule has 0 spiro atoms. The maximum Gasteiger partial charge on any atom is 0.407 e. The lowest BCUT2D eigenvalue weighted by Crippen LogP contribution is -2.52. The Hall–Kier alpha value is -8.29. The van der Waals surface area contributed by atoms with Gasteiger partial charge in [-0.1, -0.05) is 12.1 Å². The molecular formula is C55H59N11O9. The average molecular weight is 1020 g/mol. The van der Waals surface area contributed by atoms with Crippen molar-refractivity contribution in [3.05, 3.63) is 94.2 Å². The summed E-state index contributed by atoms with van der Waals surface area (Å²) < 4.78 is 16.3. The summed E-state index contributed by atoms with van der Waals surface area (Å²) >= 11 is 0. The fourth-order valence-corrected chi connectivity index (χ4v) is 11.9. The summed E-state index contributed by atoms with van der Waals surface area (Å²) in [5.41, 5.74) is 8.01. The van der Waals surface area contributed by atoms with Crippen molar-refractivity contribution in [3.63, 3.8) is 0 Å². The van der Waals surface area contributed by atoms with E-state index in [0.717, 1.165) is 51.3 Å². The molecule has 2 aliphatic heterocycles. The summed E-state index contributed by atoms with van der Waals surface area (Å²) in [4.78, 5) is 101. The number of fused-ring (bicyclic) bond motifs is 5. The lowest BCUT2D eigenvalue weighted by molar-refractivity contribution is -0.137. The Morgan fingerprint density at radius 2 is 1.68 bits per heavy atom. The first-order chi connectivity index (χ1) is 36.2. The molecule has 3 atom stereocenters. The molecular weight excluding hydrogens is 959 g/mol. The summed E-state index contributed by atoms with van der Waals surface area (Å²) in [6.07, 6.45) is 8.17. The Morgan fingerprint density at radius 1 is 0.880 bits per heavy atom. The van der Waals surface area contributed by atoms with Crippen LogP contribution in [0.3, 0.4) is 0 Å². The number of amides is 6. The Morgan fingerprint density at radius 3 is 2.44 bits per heavy atom. The molecule has 11 rings (SSSR count). The van der Waals surface area contributed by atoms with Gasteiger partial charge in [-0.15, -0.1) is 0 Å². The molecule has 4 aliphatic rings. The van der Waals surface area contributed by atoms with Gasteiger partial charge in [-0.05, 0) is 125 Å². The topological polar surface area (TPSA) is 246 Å². The first kappa shape index (κ1) is 48.9. The second kappa shape index (κ2) is 19.5. The van der Waals surface area contributed by atoms with Crippen LogP contribution in [0.25, 0.3) is 55.4 Å². The summed E-state index contributed by atoms with van der Waals surface area (Å²) in [5, 5.41) is 17.8. The predicted octanol–water partition coefficient (Wildman–Crippen LogP) is 6.88. The van der Waals surface area contributed by atoms with Gasteiger partial charge in [0.15, 0.2) is 0 Å². The number of nitrogens with zero attached hydrogens (tertiary/aromatic N) is 6. The molecule has 4 aromatic heterocycles. The standard InChI is InChI=1S/C55H59N11O9/c1-28(2)66-40-17-11-31(20-33(40)25-58-66)45-46-48-42(63(3)55(73)65(48)37-14-12-36(23-37)60-54(72)75-5)26-56-49(46)62-47(45)32-10-15-39(43(22-32)74-4)51(69)57-24-29-6-8-30(9-7-29)50(68)59-35-13-16-38-34(21-35)27-64(53(38)71)41-18-19-44(67)61-52(41)70/h10-11,13,15-17,20-22,25-26,28-30,36-37,41H,6-9,12,14,18-19,23-24,27H2,1-5H3,(H,56,62)(H,57,69)(H,59,68)(H,60,72)(H,61,67,70)/t29-,30-,36-,37-,41?/m1/s1. The largest absolute Gasteiger partial charge is 0.496 e. The first-order valence-corrected chi connectivity index (χ1v) is 25.7. The number of methoxy groups -OCH3 is 2. The number of carbonyl (C=O) groups excluding carboxylic acids is 6. The minimum atomic E-state index is -0.717. The summed E-state index contributed by atoms with van der Waals surface area (Å²) in [6, 6.07) is 15.9. The van der Waals surface area contributed by atoms with Gasteiger partial charge in [0.25, 0.3) is 11.8 Å². The maximum atomic E-state index is 14.3. The van der Waals surface area contributed by atoms with Gasteiger partial charge in [-0.25, -0.2) is 14.6 Å². The van der Waals surface area contributed by atoms with Crippen molar-refractivity contribution in [2.45, 2.75) is 102 Å². The van der Waals surface area contributed by atoms with Gasteiger partial charge in [0.05, 0.1) is 59.8 Å². The molecule has 6 heterocycles. The number of aromatic amines is 1. The molecule has 3 fully saturated rings. The number of piperidine rings is 1. The molecule has 7 aromatic rings. The highest BCUT2D eigenvalue weighted by molar-refractivity contribution is 6.15. The van der Waals surface area contributed by atoms with E-state index >= 15 is 0 Å². The van der Waals surface area contributed by atoms with Gasteiger partial charge >= 0.3 is 11.8 Å². The molecule has 1 unspecified atom stereocenters. The van der Waals surface area contributed by atoms with Crippen LogP contribution in [-0.4, -0.2) is 102 Å². The van der Waals surface area contributed by atoms with E-state index in [0.29, 0.717) is 83.6 Å². The van der Waals surface area contributed by atoms with E-state index in [1.54, 1.807) is 42.1 Å². The van der Waals surface area contributed by atoms with E-state index in [4.69, 9.17) is 14.5 Å². The Bertz CT molecular complexity index is 3560. The summed E-state index contributed by atoms with van der Waals surface area (Å²) in [5.74, 6) is -1.18. The molecule has 3 aromatic carbocycles. The van der Waals surface area contributed by atoms with Crippen LogP contribution in [0, 0.1) is 11.8 Å². The highest BCUT2D eigenvalue weighted by Gasteiger charge is 2.40. The number of hydrogen-bond acceptors (Lipinski definition) is 11. The zero-order valence-electron chi connectivity index (χ0n) is 42.5. The van der Waals surface area contributed by atoms with E-state index in [-0.39, 0.29) is 78.7 Å². The monoisotopic (exact) mass is 1020 g/mol. The van der Waals surface area contributed by atoms with Crippen LogP contribution in [-0.2, 0) is 32.7 Å². The van der Waals surface area contributed by atoms with Gasteiger partial charge in [0.1, 0.15) is 17.4 Å². The van der Waals surface area contributed by atoms with Gasteiger partial charge in [-0.2, -0.15) is 5.10 Å². The molecule has 388 valence electrons. The Balaban J connectivity index is 0.813. The van der Waals surface area contributed by atoms with Crippen LogP contribution in [0.15, 0.2) is 71.8 Å². The van der Waals surface area contributed by atoms with Gasteiger partial charge in [0.2, 0.25) is 17.7 Å². The fourth-order valence-electron chi connectivity index (χ4n) is 11.9. The van der Waals surface area contributed by atoms with Crippen molar-refractivity contribution in [1.29, 1.82) is 0 Å². The third-order valence-corrected chi connectivity index (χ3v) is 15.8. The molecule has 6 amide bonds. The van der Waals surface area contributed by atoms with E-state index in [1.165, 1.54) is 19.1 Å². The zero-order valence-corrected chi connectivity index (χ0v) is 42.5. The van der Waals surface area contributed by atoms with Crippen LogP contribution in [0.2, 0.25) is 0 Å². The molecule has 5 N–H and O–H groups in total. The number of hydrogen-bond donors (Lipinski definition) is 5. The normalized spacial score (nSPS) is 20.7. The van der Waals surface area contributed by atoms with Crippen LogP contribution in [0.1, 0.15) is 110 Å². The van der Waals surface area contributed by atoms with E-state index in [9.17, 15) is 33.6 Å². The number of aryl methyl sites for hydroxylation is 1. The molecule has 2 aliphatic carbocycles. The van der Waals surface area contributed by atoms with Crippen molar-refractivity contribution >= 4 is 74.3 Å². The number of aromatic nitrogens is 6. The van der Waals surface area contributed by atoms with Crippen molar-refractivity contribution in [2.75, 3.05) is 26.1 Å². The Labute approximate surface area is 430 Å². The fraction of sp³-hybridized carbons (Fsp3) is 0.400. The molecule has 0 bridgehead atoms. The molecule has 20 nitrogen and oxygen atoms in total. The SMILES string of the molecule is COC(=O)N[C@@H]1CC[C@@H](n2c(=O)n(C)c3cnc4[nH]c(-c5ccc(C(=O)NC[C@H]6CC[C@H](C(=O)Nc7ccc8c(c7)CN(C7CCC(=O)NC7=O)C8=O)CC6)c(OC)c5)c(-c5ccc6c(cnn6C(C)C)c5)c4c32)C1. The third-order valence-electron chi connectivity index (χ3n) is 15.8. The van der Waals surface area contributed by atoms with Gasteiger partial charge in [0, 0.05) is 78.4 Å². The minimum Gasteiger partial charge on any atom is -0.496 e. The number of carbonyl (C=O) groups is 6. The van der Waals surface area contributed by atoms with Crippen molar-refractivity contribution in [2.24, 2.45) is 18.9 Å². The summed E-state index contributed by atoms with van der Waals surface area (Å²) in [6.45, 7) is 4.81. The van der Waals surface area contributed by atoms with Crippen molar-refractivity contribution in [3.8, 4) is 28.1 Å². The first-order valence-electron chi connectivity index (χ1n) is 25.7. The van der Waals surface area contributed by atoms with Gasteiger partial charge in [-0.3, -0.25) is 43.1 Å². The molecule has 20 heteroatoms. The minimum absolute atomic E-state index is 0.107. The highest BCUT2D eigenvalue weighted by Crippen LogP contribution is 2.44. The number of imide groups is 1. The molecule has 1 saturated heterocycles. The van der Waals surface area contributed by atoms with Crippen LogP contribution in [0.5, 0.6) is 5.75 Å². The number of ether oxygens (including phenoxy) is 2. The van der Waals surface area contributed by atoms with Crippen molar-refractivity contribution in [1.82, 2.24) is 49.7 Å². The number of pyridine rings is 1. The summed E-state index contributed by atoms with van der Waals surface area (Å²) in [7, 11) is 4.62. The quantitative estimate of drug-likeness (QED) is 0.0790. The number of alkyl carbamates (subject to hydrolysis) is 1. The number of H-pyrrole nitrogens is 1. The second-order valence-corrected chi connectivity index (χ2v) is 20.7. The van der Waals surface area contributed by atoms with Crippen LogP contribution >= 0.6 is 0 Å². The number of anilines is 1. The smallest absolute Gasteiger partial charge is 0.407 e. The van der Waals surface area contributed by atoms with E-state index in [1.807, 2.05) is 27.6 Å². The average Bonchev–Trinajstić information content (AvgIpc) is 4.25. The van der Waals surface area contributed by atoms with E-state index < -0.39 is 18.0 Å².